The summed E-state index contributed by atoms with van der Waals surface area (Å²) in [6.07, 6.45) is 90.3. The van der Waals surface area contributed by atoms with Crippen LogP contribution in [-0.4, -0.2) is 24.6 Å². The molecule has 0 heterocycles. The van der Waals surface area contributed by atoms with E-state index in [2.05, 4.69) is 27.7 Å². The van der Waals surface area contributed by atoms with Crippen molar-refractivity contribution in [1.82, 2.24) is 0 Å². The molecule has 0 aromatic rings. The molecule has 0 bridgehead atoms. The summed E-state index contributed by atoms with van der Waals surface area (Å²) >= 11 is 0. The third kappa shape index (κ3) is 64.8. The van der Waals surface area contributed by atoms with Crippen molar-refractivity contribution in [2.24, 2.45) is 0 Å². The van der Waals surface area contributed by atoms with Crippen molar-refractivity contribution in [2.75, 3.05) is 24.6 Å². The van der Waals surface area contributed by atoms with E-state index in [0.29, 0.717) is 0 Å². The van der Waals surface area contributed by atoms with Crippen molar-refractivity contribution in [3.63, 3.8) is 0 Å². The van der Waals surface area contributed by atoms with Crippen molar-refractivity contribution in [2.45, 2.75) is 387 Å². The van der Waals surface area contributed by atoms with Gasteiger partial charge in [-0.25, -0.2) is 0 Å². The molecule has 0 aliphatic rings. The highest BCUT2D eigenvalue weighted by Gasteiger charge is 2.35. The van der Waals surface area contributed by atoms with E-state index in [0.717, 1.165) is 0 Å². The molecule has 3 nitrogen and oxygen atoms in total. The smallest absolute Gasteiger partial charge is 0.854 e. The molecule has 0 saturated carbocycles. The van der Waals surface area contributed by atoms with Crippen LogP contribution in [0.5, 0.6) is 0 Å². The van der Waals surface area contributed by atoms with Gasteiger partial charge in [0.1, 0.15) is 0 Å². The molecule has 0 radical (unpaired) electrons. The molecule has 0 rings (SSSR count). The van der Waals surface area contributed by atoms with E-state index in [-0.39, 0.29) is 2.85 Å². The minimum absolute atomic E-state index is 0. The lowest BCUT2D eigenvalue weighted by Gasteiger charge is -2.39. The van der Waals surface area contributed by atoms with Crippen LogP contribution in [0.15, 0.2) is 0 Å². The maximum Gasteiger partial charge on any atom is 1.00 e. The molecule has 0 saturated heterocycles. The number of rotatable bonds is 60. The van der Waals surface area contributed by atoms with E-state index in [1.807, 2.05) is 0 Å². The SMILES string of the molecule is CCCCCCCCCCCCCCCC[P+](CCCCCCCCCCCCCCCC)(CCCCCCCCCCCCCCCC)CCCCCCCCCCCCCCCC.[H+].[H+].[O-]P([O-])[O-]. The number of hydrogen-bond acceptors (Lipinski definition) is 3. The molecular formula is C64H134O3P2. The second-order valence-electron chi connectivity index (χ2n) is 22.8. The van der Waals surface area contributed by atoms with Gasteiger partial charge in [-0.2, -0.15) is 0 Å². The maximum atomic E-state index is 8.48. The van der Waals surface area contributed by atoms with Crippen LogP contribution in [0.2, 0.25) is 0 Å². The van der Waals surface area contributed by atoms with Crippen LogP contribution in [0.3, 0.4) is 0 Å². The fraction of sp³-hybridized carbons (Fsp3) is 1.00. The Morgan fingerprint density at radius 2 is 0.275 bits per heavy atom. The Morgan fingerprint density at radius 3 is 0.377 bits per heavy atom. The van der Waals surface area contributed by atoms with Gasteiger partial charge in [-0.3, -0.25) is 0 Å². The molecule has 418 valence electrons. The molecule has 0 atom stereocenters. The van der Waals surface area contributed by atoms with Crippen LogP contribution >= 0.6 is 15.9 Å². The van der Waals surface area contributed by atoms with E-state index >= 15 is 0 Å². The number of hydrogen-bond donors (Lipinski definition) is 0. The average Bonchev–Trinajstić information content (AvgIpc) is 3.34. The summed E-state index contributed by atoms with van der Waals surface area (Å²) in [7, 11) is -4.20. The molecule has 0 amide bonds. The standard InChI is InChI=1S/C64H132P.O3P/c1-5-9-13-17-21-25-29-33-37-41-45-49-53-57-61-65(62-58-54-50-46-42-38-34-30-26-22-18-14-10-6-2,63-59-55-51-47-43-39-35-31-27-23-19-15-11-7-3)64-60-56-52-48-44-40-36-32-28-24-20-16-12-8-4;1-4(2)3/h5-64H2,1-4H3;/q+1;-3/p+2. The Morgan fingerprint density at radius 1 is 0.188 bits per heavy atom. The molecule has 0 N–H and O–H groups in total. The van der Waals surface area contributed by atoms with E-state index in [9.17, 15) is 0 Å². The second kappa shape index (κ2) is 64.9. The van der Waals surface area contributed by atoms with E-state index < -0.39 is 15.9 Å². The van der Waals surface area contributed by atoms with Crippen molar-refractivity contribution < 1.29 is 17.5 Å². The largest absolute Gasteiger partial charge is 1.00 e. The molecule has 5 heteroatoms. The lowest BCUT2D eigenvalue weighted by atomic mass is 10.0. The summed E-state index contributed by atoms with van der Waals surface area (Å²) in [5.41, 5.74) is 0. The van der Waals surface area contributed by atoms with Gasteiger partial charge in [-0.15, -0.1) is 0 Å². The average molecular weight is 1010 g/mol. The summed E-state index contributed by atoms with van der Waals surface area (Å²) in [6, 6.07) is 0. The summed E-state index contributed by atoms with van der Waals surface area (Å²) in [6.45, 7) is 9.34. The van der Waals surface area contributed by atoms with Crippen LogP contribution in [0.25, 0.3) is 0 Å². The highest BCUT2D eigenvalue weighted by Crippen LogP contribution is 2.61. The van der Waals surface area contributed by atoms with Gasteiger partial charge in [0.25, 0.3) is 0 Å². The monoisotopic (exact) mass is 1010 g/mol. The predicted octanol–water partition coefficient (Wildman–Crippen LogP) is 22.4. The van der Waals surface area contributed by atoms with Gasteiger partial charge in [0, 0.05) is 7.26 Å². The van der Waals surface area contributed by atoms with Crippen LogP contribution < -0.4 is 14.7 Å². The molecule has 0 fully saturated rings. The van der Waals surface area contributed by atoms with E-state index in [4.69, 9.17) is 14.7 Å². The van der Waals surface area contributed by atoms with Gasteiger partial charge in [0.15, 0.2) is 0 Å². The van der Waals surface area contributed by atoms with E-state index in [1.165, 1.54) is 334 Å². The first-order valence-corrected chi connectivity index (χ1v) is 36.3. The third-order valence-corrected chi connectivity index (χ3v) is 21.0. The van der Waals surface area contributed by atoms with Crippen LogP contribution in [0, 0.1) is 0 Å². The zero-order valence-electron chi connectivity index (χ0n) is 50.5. The van der Waals surface area contributed by atoms with Gasteiger partial charge < -0.3 is 23.3 Å². The summed E-state index contributed by atoms with van der Waals surface area (Å²) < 4.78 is 0. The first-order chi connectivity index (χ1) is 34.0. The molecule has 0 spiro atoms. The molecule has 0 aliphatic heterocycles. The highest BCUT2D eigenvalue weighted by molar-refractivity contribution is 7.75. The van der Waals surface area contributed by atoms with Gasteiger partial charge in [0.2, 0.25) is 0 Å². The molecule has 69 heavy (non-hydrogen) atoms. The van der Waals surface area contributed by atoms with Crippen molar-refractivity contribution in [3.8, 4) is 0 Å². The zero-order chi connectivity index (χ0) is 50.5. The first kappa shape index (κ1) is 71.8. The molecule has 0 aromatic heterocycles. The van der Waals surface area contributed by atoms with Crippen LogP contribution in [0.4, 0.5) is 0 Å². The zero-order valence-corrected chi connectivity index (χ0v) is 50.3. The van der Waals surface area contributed by atoms with Gasteiger partial charge in [0.05, 0.1) is 24.6 Å². The van der Waals surface area contributed by atoms with Crippen molar-refractivity contribution >= 4 is 15.9 Å². The fourth-order valence-corrected chi connectivity index (χ4v) is 16.2. The van der Waals surface area contributed by atoms with E-state index in [1.54, 1.807) is 50.3 Å². The normalized spacial score (nSPS) is 11.8. The second-order valence-corrected chi connectivity index (χ2v) is 27.8. The quantitative estimate of drug-likeness (QED) is 0.0450. The topological polar surface area (TPSA) is 69.2 Å². The summed E-state index contributed by atoms with van der Waals surface area (Å²) in [5, 5.41) is 0. The Kier molecular flexibility index (Phi) is 67.5. The molecule has 0 unspecified atom stereocenters. The minimum Gasteiger partial charge on any atom is -0.854 e. The summed E-state index contributed by atoms with van der Waals surface area (Å²) in [5.74, 6) is 0. The third-order valence-electron chi connectivity index (χ3n) is 15.9. The Bertz CT molecular complexity index is 747. The summed E-state index contributed by atoms with van der Waals surface area (Å²) in [4.78, 5) is 25.4. The van der Waals surface area contributed by atoms with Gasteiger partial charge in [-0.1, -0.05) is 336 Å². The fourth-order valence-electron chi connectivity index (χ4n) is 11.2. The van der Waals surface area contributed by atoms with Gasteiger partial charge in [-0.05, 0) is 51.4 Å². The lowest BCUT2D eigenvalue weighted by Crippen LogP contribution is -2.18. The maximum absolute atomic E-state index is 8.48. The highest BCUT2D eigenvalue weighted by atomic mass is 31.2. The first-order valence-electron chi connectivity index (χ1n) is 32.6. The predicted molar refractivity (Wildman–Crippen MR) is 317 cm³/mol. The van der Waals surface area contributed by atoms with Gasteiger partial charge >= 0.3 is 2.85 Å². The molecule has 0 aliphatic carbocycles. The Hall–Kier alpha value is 0.740. The van der Waals surface area contributed by atoms with Crippen LogP contribution in [0.1, 0.15) is 390 Å². The number of unbranched alkanes of at least 4 members (excludes halogenated alkanes) is 52. The van der Waals surface area contributed by atoms with Crippen LogP contribution in [-0.2, 0) is 0 Å². The Balaban J connectivity index is -0.00000359. The Labute approximate surface area is 443 Å². The lowest BCUT2D eigenvalue weighted by molar-refractivity contribution is -0.407. The molecular weight excluding hydrogens is 879 g/mol. The molecule has 0 aromatic carbocycles. The van der Waals surface area contributed by atoms with Crippen molar-refractivity contribution in [3.05, 3.63) is 0 Å². The minimum atomic E-state index is -3.37. The van der Waals surface area contributed by atoms with Crippen molar-refractivity contribution in [1.29, 1.82) is 0 Å².